The Morgan fingerprint density at radius 3 is 2.16 bits per heavy atom. The predicted octanol–water partition coefficient (Wildman–Crippen LogP) is 1.84. The third-order valence-electron chi connectivity index (χ3n) is 3.46. The molecule has 2 rings (SSSR count). The summed E-state index contributed by atoms with van der Waals surface area (Å²) in [5.74, 6) is -0.437. The van der Waals surface area contributed by atoms with Gasteiger partial charge in [0, 0.05) is 6.42 Å². The second kappa shape index (κ2) is 9.87. The van der Waals surface area contributed by atoms with Gasteiger partial charge in [0.1, 0.15) is 18.9 Å². The molecule has 2 aromatic rings. The minimum atomic E-state index is -0.828. The minimum Gasteiger partial charge on any atom is -0.445 e. The van der Waals surface area contributed by atoms with Crippen molar-refractivity contribution < 1.29 is 19.1 Å². The van der Waals surface area contributed by atoms with Gasteiger partial charge in [-0.3, -0.25) is 4.79 Å². The van der Waals surface area contributed by atoms with E-state index >= 15 is 0 Å². The molecule has 0 saturated carbocycles. The lowest BCUT2D eigenvalue weighted by atomic mass is 10.1. The average Bonchev–Trinajstić information content (AvgIpc) is 2.65. The number of ether oxygens (including phenoxy) is 1. The fourth-order valence-corrected chi connectivity index (χ4v) is 2.23. The summed E-state index contributed by atoms with van der Waals surface area (Å²) in [4.78, 5) is 34.6. The van der Waals surface area contributed by atoms with Crippen molar-refractivity contribution in [2.24, 2.45) is 0 Å². The Morgan fingerprint density at radius 1 is 0.960 bits per heavy atom. The summed E-state index contributed by atoms with van der Waals surface area (Å²) in [5.41, 5.74) is 1.74. The highest BCUT2D eigenvalue weighted by Gasteiger charge is 2.21. The van der Waals surface area contributed by atoms with Crippen LogP contribution in [-0.2, 0) is 27.4 Å². The topological polar surface area (TPSA) is 84.5 Å². The second-order valence-corrected chi connectivity index (χ2v) is 5.36. The first-order valence-corrected chi connectivity index (χ1v) is 7.91. The lowest BCUT2D eigenvalue weighted by Crippen LogP contribution is -2.48. The van der Waals surface area contributed by atoms with Gasteiger partial charge in [-0.05, 0) is 11.1 Å². The zero-order valence-corrected chi connectivity index (χ0v) is 13.7. The first-order valence-electron chi connectivity index (χ1n) is 7.91. The fraction of sp³-hybridized carbons (Fsp3) is 0.211. The predicted molar refractivity (Wildman–Crippen MR) is 92.8 cm³/mol. The standard InChI is InChI=1S/C19H20N2O4/c22-12-11-20-18(23)17(13-15-7-3-1-4-8-15)21-19(24)25-14-16-9-5-2-6-10-16/h1-10,12,17H,11,13-14H2,(H,20,23)(H,21,24). The van der Waals surface area contributed by atoms with Crippen molar-refractivity contribution in [1.29, 1.82) is 0 Å². The molecule has 1 atom stereocenters. The van der Waals surface area contributed by atoms with Gasteiger partial charge < -0.3 is 20.2 Å². The summed E-state index contributed by atoms with van der Waals surface area (Å²) in [6, 6.07) is 17.7. The largest absolute Gasteiger partial charge is 0.445 e. The van der Waals surface area contributed by atoms with Gasteiger partial charge in [0.25, 0.3) is 0 Å². The van der Waals surface area contributed by atoms with Gasteiger partial charge >= 0.3 is 6.09 Å². The summed E-state index contributed by atoms with van der Waals surface area (Å²) in [7, 11) is 0. The van der Waals surface area contributed by atoms with Crippen LogP contribution in [-0.4, -0.2) is 30.9 Å². The van der Waals surface area contributed by atoms with Gasteiger partial charge in [-0.1, -0.05) is 60.7 Å². The van der Waals surface area contributed by atoms with Gasteiger partial charge in [-0.15, -0.1) is 0 Å². The van der Waals surface area contributed by atoms with Crippen molar-refractivity contribution in [1.82, 2.24) is 10.6 Å². The minimum absolute atomic E-state index is 0.106. The maximum absolute atomic E-state index is 12.2. The van der Waals surface area contributed by atoms with E-state index in [1.54, 1.807) is 0 Å². The molecule has 0 aliphatic rings. The van der Waals surface area contributed by atoms with Crippen molar-refractivity contribution in [3.05, 3.63) is 71.8 Å². The van der Waals surface area contributed by atoms with Crippen LogP contribution in [0.1, 0.15) is 11.1 Å². The Morgan fingerprint density at radius 2 is 1.56 bits per heavy atom. The van der Waals surface area contributed by atoms with E-state index in [2.05, 4.69) is 10.6 Å². The molecule has 0 bridgehead atoms. The third kappa shape index (κ3) is 6.47. The zero-order valence-electron chi connectivity index (χ0n) is 13.7. The van der Waals surface area contributed by atoms with Crippen LogP contribution in [0.3, 0.4) is 0 Å². The van der Waals surface area contributed by atoms with E-state index in [1.807, 2.05) is 60.7 Å². The maximum Gasteiger partial charge on any atom is 0.408 e. The number of carbonyl (C=O) groups is 3. The number of hydrogen-bond donors (Lipinski definition) is 2. The molecule has 0 aliphatic carbocycles. The number of amides is 2. The van der Waals surface area contributed by atoms with Crippen LogP contribution in [0.5, 0.6) is 0 Å². The van der Waals surface area contributed by atoms with Crippen LogP contribution < -0.4 is 10.6 Å². The molecule has 2 amide bonds. The van der Waals surface area contributed by atoms with Crippen molar-refractivity contribution in [3.8, 4) is 0 Å². The number of hydrogen-bond acceptors (Lipinski definition) is 4. The lowest BCUT2D eigenvalue weighted by Gasteiger charge is -2.18. The quantitative estimate of drug-likeness (QED) is 0.718. The number of carbonyl (C=O) groups excluding carboxylic acids is 3. The van der Waals surface area contributed by atoms with Crippen LogP contribution in [0.25, 0.3) is 0 Å². The molecular weight excluding hydrogens is 320 g/mol. The Hall–Kier alpha value is -3.15. The molecule has 0 aromatic heterocycles. The molecule has 1 unspecified atom stereocenters. The van der Waals surface area contributed by atoms with Gasteiger partial charge in [0.05, 0.1) is 6.54 Å². The molecule has 0 radical (unpaired) electrons. The van der Waals surface area contributed by atoms with Crippen molar-refractivity contribution in [3.63, 3.8) is 0 Å². The van der Waals surface area contributed by atoms with Crippen molar-refractivity contribution in [2.45, 2.75) is 19.1 Å². The third-order valence-corrected chi connectivity index (χ3v) is 3.46. The molecule has 0 fully saturated rings. The molecule has 0 heterocycles. The SMILES string of the molecule is O=CCNC(=O)C(Cc1ccccc1)NC(=O)OCc1ccccc1. The second-order valence-electron chi connectivity index (χ2n) is 5.36. The fourth-order valence-electron chi connectivity index (χ4n) is 2.23. The van der Waals surface area contributed by atoms with Gasteiger partial charge in [-0.25, -0.2) is 4.79 Å². The summed E-state index contributed by atoms with van der Waals surface area (Å²) in [5, 5.41) is 5.01. The number of rotatable bonds is 8. The van der Waals surface area contributed by atoms with Crippen molar-refractivity contribution >= 4 is 18.3 Å². The van der Waals surface area contributed by atoms with E-state index < -0.39 is 18.0 Å². The monoisotopic (exact) mass is 340 g/mol. The molecule has 6 nitrogen and oxygen atoms in total. The summed E-state index contributed by atoms with van der Waals surface area (Å²) in [6.07, 6.45) is 0.197. The molecule has 2 aromatic carbocycles. The van der Waals surface area contributed by atoms with E-state index in [1.165, 1.54) is 0 Å². The van der Waals surface area contributed by atoms with Crippen LogP contribution in [0.15, 0.2) is 60.7 Å². The van der Waals surface area contributed by atoms with E-state index in [4.69, 9.17) is 4.74 Å². The van der Waals surface area contributed by atoms with Crippen LogP contribution >= 0.6 is 0 Å². The number of aldehydes is 1. The van der Waals surface area contributed by atoms with Crippen LogP contribution in [0.4, 0.5) is 4.79 Å². The normalized spacial score (nSPS) is 11.2. The number of nitrogens with one attached hydrogen (secondary N) is 2. The molecule has 130 valence electrons. The Labute approximate surface area is 146 Å². The van der Waals surface area contributed by atoms with Gasteiger partial charge in [0.2, 0.25) is 5.91 Å². The first kappa shape index (κ1) is 18.2. The molecule has 0 aliphatic heterocycles. The maximum atomic E-state index is 12.2. The van der Waals surface area contributed by atoms with E-state index in [0.29, 0.717) is 12.7 Å². The van der Waals surface area contributed by atoms with E-state index in [-0.39, 0.29) is 13.2 Å². The molecular formula is C19H20N2O4. The molecule has 0 spiro atoms. The summed E-state index contributed by atoms with van der Waals surface area (Å²) in [6.45, 7) is 0.00551. The molecule has 0 saturated heterocycles. The highest BCUT2D eigenvalue weighted by molar-refractivity contribution is 5.87. The summed E-state index contributed by atoms with van der Waals surface area (Å²) < 4.78 is 5.15. The highest BCUT2D eigenvalue weighted by Crippen LogP contribution is 2.05. The Kier molecular flexibility index (Phi) is 7.18. The first-order chi connectivity index (χ1) is 12.2. The highest BCUT2D eigenvalue weighted by atomic mass is 16.5. The molecule has 2 N–H and O–H groups in total. The summed E-state index contributed by atoms with van der Waals surface area (Å²) >= 11 is 0. The van der Waals surface area contributed by atoms with E-state index in [9.17, 15) is 14.4 Å². The Balaban J connectivity index is 1.95. The molecule has 25 heavy (non-hydrogen) atoms. The van der Waals surface area contributed by atoms with Gasteiger partial charge in [0.15, 0.2) is 0 Å². The van der Waals surface area contributed by atoms with Gasteiger partial charge in [-0.2, -0.15) is 0 Å². The zero-order chi connectivity index (χ0) is 17.9. The van der Waals surface area contributed by atoms with E-state index in [0.717, 1.165) is 11.1 Å². The van der Waals surface area contributed by atoms with Crippen LogP contribution in [0, 0.1) is 0 Å². The Bertz CT molecular complexity index is 689. The molecule has 6 heteroatoms. The number of benzene rings is 2. The number of alkyl carbamates (subject to hydrolysis) is 1. The van der Waals surface area contributed by atoms with Crippen molar-refractivity contribution in [2.75, 3.05) is 6.54 Å². The average molecular weight is 340 g/mol. The smallest absolute Gasteiger partial charge is 0.408 e. The van der Waals surface area contributed by atoms with Crippen LogP contribution in [0.2, 0.25) is 0 Å². The lowest BCUT2D eigenvalue weighted by molar-refractivity contribution is -0.124.